The highest BCUT2D eigenvalue weighted by Gasteiger charge is 2.46. The van der Waals surface area contributed by atoms with Gasteiger partial charge in [0.15, 0.2) is 18.9 Å². The Labute approximate surface area is 308 Å². The molecule has 0 aliphatic carbocycles. The molecule has 2 unspecified atom stereocenters. The van der Waals surface area contributed by atoms with Gasteiger partial charge in [-0.25, -0.2) is 4.57 Å². The number of rotatable bonds is 23. The van der Waals surface area contributed by atoms with E-state index in [0.29, 0.717) is 0 Å². The highest BCUT2D eigenvalue weighted by Crippen LogP contribution is 2.38. The summed E-state index contributed by atoms with van der Waals surface area (Å²) in [7, 11) is -9.35. The maximum Gasteiger partial charge on any atom is 0.469 e. The smallest absolute Gasteiger partial charge is 0.394 e. The number of aliphatic hydroxyl groups excluding tert-OH is 8. The van der Waals surface area contributed by atoms with E-state index < -0.39 is 120 Å². The Morgan fingerprint density at radius 3 is 1.72 bits per heavy atom. The van der Waals surface area contributed by atoms with Crippen molar-refractivity contribution >= 4 is 27.8 Å². The van der Waals surface area contributed by atoms with Crippen molar-refractivity contribution in [2.45, 2.75) is 113 Å². The number of oxime groups is 2. The second-order valence-electron chi connectivity index (χ2n) is 12.9. The number of phosphoric ester groups is 1. The molecule has 0 amide bonds. The van der Waals surface area contributed by atoms with E-state index in [1.54, 1.807) is 20.8 Å². The maximum atomic E-state index is 11.2. The van der Waals surface area contributed by atoms with E-state index in [2.05, 4.69) is 14.8 Å². The first-order valence-corrected chi connectivity index (χ1v) is 19.7. The fraction of sp³-hybridized carbons (Fsp3) is 0.926. The van der Waals surface area contributed by atoms with Gasteiger partial charge in [0.05, 0.1) is 56.7 Å². The zero-order valence-corrected chi connectivity index (χ0v) is 31.3. The van der Waals surface area contributed by atoms with Gasteiger partial charge in [0.2, 0.25) is 0 Å². The molecule has 2 fully saturated rings. The first-order valence-electron chi connectivity index (χ1n) is 16.3. The minimum Gasteiger partial charge on any atom is -0.394 e. The SMILES string of the molecule is CC(C)(C)O[C@H](O[C@@H](/C=N/OCCOC1O[C@H](CCP(=O)(O)O)[C@@H](O)[C@H](O)[C@@H]1O)CO)[C@H](O)/C=N\OCCOC1O[C@H](COP(=O)(O)O)[C@@H](O)[C@H](O)[C@@H]1O. The van der Waals surface area contributed by atoms with Crippen LogP contribution < -0.4 is 0 Å². The summed E-state index contributed by atoms with van der Waals surface area (Å²) < 4.78 is 58.9. The van der Waals surface area contributed by atoms with Gasteiger partial charge < -0.3 is 98.5 Å². The van der Waals surface area contributed by atoms with Crippen molar-refractivity contribution in [3.63, 3.8) is 0 Å². The quantitative estimate of drug-likeness (QED) is 0.0151. The summed E-state index contributed by atoms with van der Waals surface area (Å²) in [5, 5.41) is 88.1. The lowest BCUT2D eigenvalue weighted by Crippen LogP contribution is -2.59. The third kappa shape index (κ3) is 17.8. The molecule has 0 bridgehead atoms. The largest absolute Gasteiger partial charge is 0.469 e. The fourth-order valence-corrected chi connectivity index (χ4v) is 5.50. The lowest BCUT2D eigenvalue weighted by atomic mass is 9.97. The van der Waals surface area contributed by atoms with Gasteiger partial charge in [0.25, 0.3) is 0 Å². The molecule has 0 aromatic heterocycles. The predicted octanol–water partition coefficient (Wildman–Crippen LogP) is -4.80. The molecule has 2 aliphatic rings. The molecular weight excluding hydrogens is 782 g/mol. The first kappa shape index (κ1) is 48.8. The molecule has 2 rings (SSSR count). The Morgan fingerprint density at radius 1 is 0.741 bits per heavy atom. The van der Waals surface area contributed by atoms with Crippen molar-refractivity contribution in [1.29, 1.82) is 0 Å². The molecular formula is C27H52N2O23P2. The lowest BCUT2D eigenvalue weighted by molar-refractivity contribution is -0.301. The molecule has 2 saturated heterocycles. The monoisotopic (exact) mass is 834 g/mol. The van der Waals surface area contributed by atoms with Gasteiger partial charge in [-0.05, 0) is 27.2 Å². The zero-order valence-electron chi connectivity index (χ0n) is 29.5. The molecule has 12 N–H and O–H groups in total. The van der Waals surface area contributed by atoms with Crippen molar-refractivity contribution < 1.29 is 112 Å². The molecule has 0 radical (unpaired) electrons. The fourth-order valence-electron chi connectivity index (χ4n) is 4.57. The minimum atomic E-state index is -4.92. The summed E-state index contributed by atoms with van der Waals surface area (Å²) in [6.45, 7) is 2.31. The highest BCUT2D eigenvalue weighted by atomic mass is 31.2. The van der Waals surface area contributed by atoms with E-state index in [1.807, 2.05) is 0 Å². The average Bonchev–Trinajstić information content (AvgIpc) is 3.07. The molecule has 0 aromatic rings. The number of hydrogen-bond donors (Lipinski definition) is 12. The van der Waals surface area contributed by atoms with E-state index in [-0.39, 0.29) is 32.8 Å². The van der Waals surface area contributed by atoms with Crippen LogP contribution in [0.1, 0.15) is 27.2 Å². The van der Waals surface area contributed by atoms with Crippen molar-refractivity contribution in [1.82, 2.24) is 0 Å². The van der Waals surface area contributed by atoms with Crippen molar-refractivity contribution in [2.24, 2.45) is 10.3 Å². The Balaban J connectivity index is 1.83. The van der Waals surface area contributed by atoms with Crippen LogP contribution in [0.5, 0.6) is 0 Å². The number of hydrogen-bond acceptors (Lipinski definition) is 21. The van der Waals surface area contributed by atoms with Crippen LogP contribution in [0.25, 0.3) is 0 Å². The minimum absolute atomic E-state index is 0.259. The Bertz CT molecular complexity index is 1230. The summed E-state index contributed by atoms with van der Waals surface area (Å²) in [5.74, 6) is 0. The van der Waals surface area contributed by atoms with Gasteiger partial charge >= 0.3 is 15.4 Å². The standard InChI is InChI=1S/C27H52N2O23P2/c1-27(2,3)52-24(15(31)11-29-47-8-6-45-26-23(37)21(35)19(33)17(51-26)13-48-54(41,42)43)49-14(12-30)10-28-46-7-5-44-25-22(36)20(34)18(32)16(50-25)4-9-53(38,39)40/h10-11,14-26,30-37H,4-9,12-13H2,1-3H3,(H2,38,39,40)(H2,41,42,43)/b28-10+,29-11-/t14-,15+,16+,17+,18+,19+,20-,21-,22-,23-,24-,25?,26?/m0/s1. The second-order valence-corrected chi connectivity index (χ2v) is 15.9. The van der Waals surface area contributed by atoms with E-state index >= 15 is 0 Å². The third-order valence-electron chi connectivity index (χ3n) is 7.19. The molecule has 13 atom stereocenters. The van der Waals surface area contributed by atoms with Crippen LogP contribution in [0, 0.1) is 0 Å². The molecule has 318 valence electrons. The van der Waals surface area contributed by atoms with Gasteiger partial charge in [0.1, 0.15) is 68.1 Å². The van der Waals surface area contributed by atoms with Gasteiger partial charge in [0, 0.05) is 0 Å². The van der Waals surface area contributed by atoms with E-state index in [1.165, 1.54) is 0 Å². The van der Waals surface area contributed by atoms with E-state index in [9.17, 15) is 50.0 Å². The highest BCUT2D eigenvalue weighted by molar-refractivity contribution is 7.51. The summed E-state index contributed by atoms with van der Waals surface area (Å²) in [5.41, 5.74) is -0.878. The molecule has 0 saturated carbocycles. The van der Waals surface area contributed by atoms with Gasteiger partial charge in [-0.1, -0.05) is 10.3 Å². The second kappa shape index (κ2) is 22.5. The van der Waals surface area contributed by atoms with E-state index in [0.717, 1.165) is 12.4 Å². The van der Waals surface area contributed by atoms with Crippen molar-refractivity contribution in [3.05, 3.63) is 0 Å². The summed E-state index contributed by atoms with van der Waals surface area (Å²) in [4.78, 5) is 45.9. The number of aliphatic hydroxyl groups is 8. The van der Waals surface area contributed by atoms with Gasteiger partial charge in [-0.3, -0.25) is 9.09 Å². The lowest BCUT2D eigenvalue weighted by Gasteiger charge is -2.40. The Morgan fingerprint density at radius 2 is 1.24 bits per heavy atom. The van der Waals surface area contributed by atoms with Crippen molar-refractivity contribution in [2.75, 3.05) is 45.8 Å². The van der Waals surface area contributed by atoms with Crippen LogP contribution in [-0.2, 0) is 51.8 Å². The summed E-state index contributed by atoms with van der Waals surface area (Å²) in [6, 6.07) is 0. The number of ether oxygens (including phenoxy) is 6. The molecule has 54 heavy (non-hydrogen) atoms. The van der Waals surface area contributed by atoms with Crippen LogP contribution in [0.4, 0.5) is 0 Å². The predicted molar refractivity (Wildman–Crippen MR) is 176 cm³/mol. The Kier molecular flexibility index (Phi) is 20.4. The van der Waals surface area contributed by atoms with E-state index in [4.69, 9.17) is 57.7 Å². The maximum absolute atomic E-state index is 11.2. The van der Waals surface area contributed by atoms with Crippen LogP contribution >= 0.6 is 15.4 Å². The summed E-state index contributed by atoms with van der Waals surface area (Å²) >= 11 is 0. The van der Waals surface area contributed by atoms with Crippen LogP contribution in [-0.4, -0.2) is 204 Å². The van der Waals surface area contributed by atoms with Gasteiger partial charge in [-0.15, -0.1) is 0 Å². The summed E-state index contributed by atoms with van der Waals surface area (Å²) in [6.07, 6.45) is -19.3. The van der Waals surface area contributed by atoms with Gasteiger partial charge in [-0.2, -0.15) is 0 Å². The Hall–Kier alpha value is -1.36. The topological polar surface area (TPSA) is 385 Å². The number of phosphoric acid groups is 1. The molecule has 27 heteroatoms. The van der Waals surface area contributed by atoms with Crippen LogP contribution in [0.3, 0.4) is 0 Å². The van der Waals surface area contributed by atoms with Crippen LogP contribution in [0.15, 0.2) is 10.3 Å². The average molecular weight is 835 g/mol. The van der Waals surface area contributed by atoms with Crippen LogP contribution in [0.2, 0.25) is 0 Å². The molecule has 0 aromatic carbocycles. The first-order chi connectivity index (χ1) is 25.0. The zero-order chi connectivity index (χ0) is 40.9. The number of nitrogens with zero attached hydrogens (tertiary/aromatic N) is 2. The molecule has 2 heterocycles. The van der Waals surface area contributed by atoms with Crippen molar-refractivity contribution in [3.8, 4) is 0 Å². The molecule has 2 aliphatic heterocycles. The third-order valence-corrected chi connectivity index (χ3v) is 8.52. The molecule has 0 spiro atoms. The normalized spacial score (nSPS) is 31.8. The molecule has 25 nitrogen and oxygen atoms in total.